The van der Waals surface area contributed by atoms with Gasteiger partial charge in [-0.05, 0) is 24.3 Å². The Labute approximate surface area is 108 Å². The van der Waals surface area contributed by atoms with Gasteiger partial charge in [0.15, 0.2) is 15.0 Å². The summed E-state index contributed by atoms with van der Waals surface area (Å²) in [5, 5.41) is 4.87. The highest BCUT2D eigenvalue weighted by molar-refractivity contribution is 7.90. The molecule has 2 aromatic rings. The van der Waals surface area contributed by atoms with Crippen LogP contribution in [0.3, 0.4) is 0 Å². The first-order valence-corrected chi connectivity index (χ1v) is 7.75. The molecule has 0 bridgehead atoms. The molecule has 1 amide bonds. The minimum Gasteiger partial charge on any atom is -0.298 e. The van der Waals surface area contributed by atoms with Gasteiger partial charge in [0.05, 0.1) is 4.90 Å². The Morgan fingerprint density at radius 2 is 1.94 bits per heavy atom. The van der Waals surface area contributed by atoms with E-state index in [0.717, 1.165) is 6.26 Å². The molecule has 0 saturated carbocycles. The van der Waals surface area contributed by atoms with Crippen LogP contribution in [0.5, 0.6) is 0 Å². The minimum absolute atomic E-state index is 0.188. The second-order valence-electron chi connectivity index (χ2n) is 3.59. The van der Waals surface area contributed by atoms with Crippen molar-refractivity contribution in [1.29, 1.82) is 0 Å². The molecular formula is C11H10N2O3S2. The lowest BCUT2D eigenvalue weighted by Gasteiger charge is -2.02. The number of benzene rings is 1. The average molecular weight is 282 g/mol. The van der Waals surface area contributed by atoms with Crippen LogP contribution in [0.15, 0.2) is 40.7 Å². The zero-order valence-electron chi connectivity index (χ0n) is 9.45. The molecule has 18 heavy (non-hydrogen) atoms. The van der Waals surface area contributed by atoms with Crippen LogP contribution >= 0.6 is 11.3 Å². The van der Waals surface area contributed by atoms with Crippen LogP contribution in [0.2, 0.25) is 0 Å². The molecule has 0 unspecified atom stereocenters. The molecule has 0 fully saturated rings. The van der Waals surface area contributed by atoms with Gasteiger partial charge >= 0.3 is 0 Å². The van der Waals surface area contributed by atoms with Crippen molar-refractivity contribution >= 4 is 32.2 Å². The topological polar surface area (TPSA) is 76.1 Å². The molecule has 0 saturated heterocycles. The highest BCUT2D eigenvalue weighted by Gasteiger charge is 2.10. The van der Waals surface area contributed by atoms with E-state index >= 15 is 0 Å². The first-order chi connectivity index (χ1) is 8.47. The Hall–Kier alpha value is -1.73. The number of anilines is 1. The van der Waals surface area contributed by atoms with Gasteiger partial charge in [0.25, 0.3) is 5.91 Å². The number of aromatic nitrogens is 1. The molecule has 1 aromatic heterocycles. The van der Waals surface area contributed by atoms with Crippen molar-refractivity contribution in [3.05, 3.63) is 41.4 Å². The number of nitrogens with zero attached hydrogens (tertiary/aromatic N) is 1. The fraction of sp³-hybridized carbons (Fsp3) is 0.0909. The van der Waals surface area contributed by atoms with Gasteiger partial charge in [-0.1, -0.05) is 0 Å². The van der Waals surface area contributed by atoms with E-state index in [2.05, 4.69) is 10.3 Å². The van der Waals surface area contributed by atoms with Gasteiger partial charge in [-0.25, -0.2) is 13.4 Å². The number of thiazole rings is 1. The Morgan fingerprint density at radius 3 is 2.44 bits per heavy atom. The summed E-state index contributed by atoms with van der Waals surface area (Å²) in [6.45, 7) is 0. The quantitative estimate of drug-likeness (QED) is 0.931. The number of sulfone groups is 1. The SMILES string of the molecule is CS(=O)(=O)c1ccc(C(=O)Nc2nccs2)cc1. The molecule has 94 valence electrons. The Bertz CT molecular complexity index is 646. The van der Waals surface area contributed by atoms with Gasteiger partial charge in [-0.2, -0.15) is 0 Å². The maximum absolute atomic E-state index is 11.8. The second kappa shape index (κ2) is 4.87. The summed E-state index contributed by atoms with van der Waals surface area (Å²) in [6, 6.07) is 5.76. The van der Waals surface area contributed by atoms with Crippen LogP contribution in [0, 0.1) is 0 Å². The lowest BCUT2D eigenvalue weighted by molar-refractivity contribution is 0.102. The maximum atomic E-state index is 11.8. The van der Waals surface area contributed by atoms with Crippen molar-refractivity contribution in [2.45, 2.75) is 4.90 Å². The summed E-state index contributed by atoms with van der Waals surface area (Å²) < 4.78 is 22.5. The normalized spacial score (nSPS) is 11.2. The van der Waals surface area contributed by atoms with E-state index < -0.39 is 9.84 Å². The molecule has 5 nitrogen and oxygen atoms in total. The first kappa shape index (κ1) is 12.7. The third-order valence-corrected chi connectivity index (χ3v) is 4.01. The Kier molecular flexibility index (Phi) is 3.44. The minimum atomic E-state index is -3.24. The maximum Gasteiger partial charge on any atom is 0.257 e. The van der Waals surface area contributed by atoms with Crippen LogP contribution in [0.25, 0.3) is 0 Å². The van der Waals surface area contributed by atoms with Crippen LogP contribution < -0.4 is 5.32 Å². The molecule has 0 atom stereocenters. The second-order valence-corrected chi connectivity index (χ2v) is 6.50. The smallest absolute Gasteiger partial charge is 0.257 e. The molecule has 1 N–H and O–H groups in total. The highest BCUT2D eigenvalue weighted by atomic mass is 32.2. The Morgan fingerprint density at radius 1 is 1.28 bits per heavy atom. The van der Waals surface area contributed by atoms with Gasteiger partial charge < -0.3 is 0 Å². The number of hydrogen-bond acceptors (Lipinski definition) is 5. The van der Waals surface area contributed by atoms with E-state index in [-0.39, 0.29) is 10.8 Å². The monoisotopic (exact) mass is 282 g/mol. The summed E-state index contributed by atoms with van der Waals surface area (Å²) in [5.41, 5.74) is 0.387. The van der Waals surface area contributed by atoms with Crippen molar-refractivity contribution in [1.82, 2.24) is 4.98 Å². The number of nitrogens with one attached hydrogen (secondary N) is 1. The summed E-state index contributed by atoms with van der Waals surface area (Å²) in [7, 11) is -3.24. The lowest BCUT2D eigenvalue weighted by atomic mass is 10.2. The molecule has 1 heterocycles. The zero-order valence-corrected chi connectivity index (χ0v) is 11.1. The average Bonchev–Trinajstić information content (AvgIpc) is 2.81. The molecule has 0 aliphatic heterocycles. The number of rotatable bonds is 3. The summed E-state index contributed by atoms with van der Waals surface area (Å²) in [5.74, 6) is -0.315. The lowest BCUT2D eigenvalue weighted by Crippen LogP contribution is -2.11. The summed E-state index contributed by atoms with van der Waals surface area (Å²) >= 11 is 1.31. The highest BCUT2D eigenvalue weighted by Crippen LogP contribution is 2.14. The molecule has 2 rings (SSSR count). The van der Waals surface area contributed by atoms with Gasteiger partial charge in [-0.3, -0.25) is 10.1 Å². The fourth-order valence-electron chi connectivity index (χ4n) is 1.31. The number of hydrogen-bond donors (Lipinski definition) is 1. The van der Waals surface area contributed by atoms with Crippen LogP contribution in [-0.4, -0.2) is 25.6 Å². The van der Waals surface area contributed by atoms with Crippen molar-refractivity contribution < 1.29 is 13.2 Å². The molecule has 0 spiro atoms. The standard InChI is InChI=1S/C11H10N2O3S2/c1-18(15,16)9-4-2-8(3-5-9)10(14)13-11-12-6-7-17-11/h2-7H,1H3,(H,12,13,14). The molecule has 0 aliphatic carbocycles. The molecule has 7 heteroatoms. The number of carbonyl (C=O) groups excluding carboxylic acids is 1. The third kappa shape index (κ3) is 2.93. The van der Waals surface area contributed by atoms with E-state index in [1.54, 1.807) is 11.6 Å². The Balaban J connectivity index is 2.17. The van der Waals surface area contributed by atoms with Gasteiger partial charge in [0.1, 0.15) is 0 Å². The fourth-order valence-corrected chi connectivity index (χ4v) is 2.46. The van der Waals surface area contributed by atoms with Gasteiger partial charge in [0, 0.05) is 23.4 Å². The predicted molar refractivity (Wildman–Crippen MR) is 69.6 cm³/mol. The largest absolute Gasteiger partial charge is 0.298 e. The van der Waals surface area contributed by atoms with E-state index in [1.165, 1.54) is 35.6 Å². The number of carbonyl (C=O) groups is 1. The van der Waals surface area contributed by atoms with E-state index in [9.17, 15) is 13.2 Å². The molecule has 1 aromatic carbocycles. The zero-order chi connectivity index (χ0) is 13.2. The van der Waals surface area contributed by atoms with Crippen molar-refractivity contribution in [3.63, 3.8) is 0 Å². The number of amides is 1. The summed E-state index contributed by atoms with van der Waals surface area (Å²) in [6.07, 6.45) is 2.71. The third-order valence-electron chi connectivity index (χ3n) is 2.20. The summed E-state index contributed by atoms with van der Waals surface area (Å²) in [4.78, 5) is 15.9. The van der Waals surface area contributed by atoms with Crippen LogP contribution in [-0.2, 0) is 9.84 Å². The molecule has 0 radical (unpaired) electrons. The van der Waals surface area contributed by atoms with Gasteiger partial charge in [0.2, 0.25) is 0 Å². The van der Waals surface area contributed by atoms with Crippen LogP contribution in [0.4, 0.5) is 5.13 Å². The first-order valence-electron chi connectivity index (χ1n) is 4.98. The van der Waals surface area contributed by atoms with Crippen molar-refractivity contribution in [2.75, 3.05) is 11.6 Å². The molecular weight excluding hydrogens is 272 g/mol. The predicted octanol–water partition coefficient (Wildman–Crippen LogP) is 1.80. The van der Waals surface area contributed by atoms with Crippen molar-refractivity contribution in [2.24, 2.45) is 0 Å². The van der Waals surface area contributed by atoms with Crippen LogP contribution in [0.1, 0.15) is 10.4 Å². The van der Waals surface area contributed by atoms with Crippen molar-refractivity contribution in [3.8, 4) is 0 Å². The van der Waals surface area contributed by atoms with Gasteiger partial charge in [-0.15, -0.1) is 11.3 Å². The molecule has 0 aliphatic rings. The van der Waals surface area contributed by atoms with E-state index in [0.29, 0.717) is 10.7 Å². The van der Waals surface area contributed by atoms with E-state index in [1.807, 2.05) is 0 Å². The van der Waals surface area contributed by atoms with E-state index in [4.69, 9.17) is 0 Å².